The summed E-state index contributed by atoms with van der Waals surface area (Å²) in [6.07, 6.45) is -1.77. The van der Waals surface area contributed by atoms with Crippen molar-refractivity contribution in [3.8, 4) is 17.2 Å². The summed E-state index contributed by atoms with van der Waals surface area (Å²) in [5, 5.41) is 45.3. The normalized spacial score (nSPS) is 22.6. The summed E-state index contributed by atoms with van der Waals surface area (Å²) >= 11 is 0. The van der Waals surface area contributed by atoms with Crippen molar-refractivity contribution in [2.75, 3.05) is 12.0 Å². The van der Waals surface area contributed by atoms with Crippen molar-refractivity contribution < 1.29 is 25.2 Å². The number of rotatable bonds is 6. The molecule has 0 spiro atoms. The number of phenolic OH excluding ortho intramolecular Hbond substituents is 2. The third-order valence-electron chi connectivity index (χ3n) is 5.93. The average molecular weight is 421 g/mol. The number of hydrogen-bond acceptors (Lipinski definition) is 6. The maximum Gasteiger partial charge on any atom is 0.159 e. The van der Waals surface area contributed by atoms with E-state index in [1.807, 2.05) is 62.4 Å². The zero-order valence-electron chi connectivity index (χ0n) is 17.5. The highest BCUT2D eigenvalue weighted by Crippen LogP contribution is 2.52. The maximum atomic E-state index is 10.9. The van der Waals surface area contributed by atoms with Gasteiger partial charge in [-0.05, 0) is 31.5 Å². The van der Waals surface area contributed by atoms with Gasteiger partial charge in [0.25, 0.3) is 0 Å². The molecule has 0 amide bonds. The van der Waals surface area contributed by atoms with Crippen LogP contribution in [-0.4, -0.2) is 39.4 Å². The molecule has 0 heterocycles. The number of anilines is 1. The monoisotopic (exact) mass is 421 g/mol. The van der Waals surface area contributed by atoms with Gasteiger partial charge in [0.1, 0.15) is 17.2 Å². The lowest BCUT2D eigenvalue weighted by atomic mass is 9.63. The Balaban J connectivity index is 1.54. The zero-order valence-corrected chi connectivity index (χ0v) is 17.5. The van der Waals surface area contributed by atoms with E-state index in [-0.39, 0.29) is 18.2 Å². The fourth-order valence-electron chi connectivity index (χ4n) is 4.18. The number of aryl methyl sites for hydroxylation is 2. The summed E-state index contributed by atoms with van der Waals surface area (Å²) in [7, 11) is 0. The summed E-state index contributed by atoms with van der Waals surface area (Å²) in [5.41, 5.74) is 3.82. The van der Waals surface area contributed by atoms with E-state index in [0.717, 1.165) is 16.7 Å². The third-order valence-corrected chi connectivity index (χ3v) is 5.93. The Bertz CT molecular complexity index is 1040. The summed E-state index contributed by atoms with van der Waals surface area (Å²) in [6.45, 7) is 4.05. The lowest BCUT2D eigenvalue weighted by Gasteiger charge is -2.47. The second-order valence-electron chi connectivity index (χ2n) is 8.15. The number of phenols is 2. The number of aliphatic hydroxyl groups excluding tert-OH is 2. The first-order valence-corrected chi connectivity index (χ1v) is 10.3. The van der Waals surface area contributed by atoms with Gasteiger partial charge in [0.2, 0.25) is 0 Å². The molecule has 3 aromatic carbocycles. The fourth-order valence-corrected chi connectivity index (χ4v) is 4.18. The molecule has 162 valence electrons. The molecule has 0 saturated heterocycles. The number of hydrogen-bond donors (Lipinski definition) is 5. The Labute approximate surface area is 181 Å². The molecule has 1 fully saturated rings. The summed E-state index contributed by atoms with van der Waals surface area (Å²) < 4.78 is 5.69. The predicted molar refractivity (Wildman–Crippen MR) is 119 cm³/mol. The second kappa shape index (κ2) is 8.49. The van der Waals surface area contributed by atoms with Crippen LogP contribution < -0.4 is 10.1 Å². The zero-order chi connectivity index (χ0) is 22.1. The Hall–Kier alpha value is -3.22. The Kier molecular flexibility index (Phi) is 5.76. The molecule has 4 rings (SSSR count). The molecule has 1 aliphatic rings. The molecule has 0 aliphatic heterocycles. The molecule has 0 aromatic heterocycles. The number of aliphatic hydroxyl groups is 2. The van der Waals surface area contributed by atoms with E-state index in [2.05, 4.69) is 5.32 Å². The van der Waals surface area contributed by atoms with Crippen molar-refractivity contribution >= 4 is 5.69 Å². The Morgan fingerprint density at radius 2 is 1.39 bits per heavy atom. The van der Waals surface area contributed by atoms with Crippen LogP contribution in [0.3, 0.4) is 0 Å². The van der Waals surface area contributed by atoms with Gasteiger partial charge in [-0.15, -0.1) is 0 Å². The van der Waals surface area contributed by atoms with E-state index in [4.69, 9.17) is 4.74 Å². The molecule has 2 unspecified atom stereocenters. The quantitative estimate of drug-likeness (QED) is 0.389. The molecule has 5 N–H and O–H groups in total. The Morgan fingerprint density at radius 1 is 0.806 bits per heavy atom. The van der Waals surface area contributed by atoms with Gasteiger partial charge in [-0.3, -0.25) is 0 Å². The molecule has 2 atom stereocenters. The predicted octanol–water partition coefficient (Wildman–Crippen LogP) is 3.77. The molecule has 1 aliphatic carbocycles. The van der Waals surface area contributed by atoms with Crippen molar-refractivity contribution in [2.24, 2.45) is 0 Å². The van der Waals surface area contributed by atoms with Crippen LogP contribution in [0.1, 0.15) is 34.1 Å². The molecule has 0 bridgehead atoms. The average Bonchev–Trinajstić information content (AvgIpc) is 2.73. The molecular weight excluding hydrogens is 394 g/mol. The third kappa shape index (κ3) is 4.17. The van der Waals surface area contributed by atoms with E-state index in [1.165, 1.54) is 12.1 Å². The van der Waals surface area contributed by atoms with Crippen molar-refractivity contribution in [3.05, 3.63) is 82.9 Å². The van der Waals surface area contributed by atoms with Crippen LogP contribution in [0.25, 0.3) is 0 Å². The van der Waals surface area contributed by atoms with Crippen LogP contribution in [0.15, 0.2) is 60.7 Å². The van der Waals surface area contributed by atoms with Crippen LogP contribution in [0.5, 0.6) is 17.2 Å². The molecule has 6 heteroatoms. The topological polar surface area (TPSA) is 102 Å². The minimum atomic E-state index is -0.883. The van der Waals surface area contributed by atoms with Gasteiger partial charge in [-0.25, -0.2) is 0 Å². The second-order valence-corrected chi connectivity index (χ2v) is 8.15. The summed E-state index contributed by atoms with van der Waals surface area (Å²) in [6, 6.07) is 17.9. The van der Waals surface area contributed by atoms with Crippen molar-refractivity contribution in [1.82, 2.24) is 0 Å². The van der Waals surface area contributed by atoms with E-state index < -0.39 is 24.0 Å². The Morgan fingerprint density at radius 3 is 2.00 bits per heavy atom. The first kappa shape index (κ1) is 21.0. The van der Waals surface area contributed by atoms with Crippen LogP contribution in [0, 0.1) is 13.8 Å². The lowest BCUT2D eigenvalue weighted by molar-refractivity contribution is -0.0789. The van der Waals surface area contributed by atoms with Gasteiger partial charge in [-0.2, -0.15) is 0 Å². The van der Waals surface area contributed by atoms with Crippen molar-refractivity contribution in [1.29, 1.82) is 0 Å². The first-order valence-electron chi connectivity index (χ1n) is 10.3. The minimum absolute atomic E-state index is 0.0826. The van der Waals surface area contributed by atoms with Crippen molar-refractivity contribution in [3.63, 3.8) is 0 Å². The molecule has 3 aromatic rings. The standard InChI is InChI=1S/C25H27NO5/c1-14-3-7-16(8-4-14)21-24(29)23(25(21)30)22-19(11-17(27)12-20(22)28)26-13-31-18-9-5-15(2)6-10-18/h3-12,21,23-30H,13H2,1-2H3. The number of ether oxygens (including phenoxy) is 1. The highest BCUT2D eigenvalue weighted by molar-refractivity contribution is 5.64. The van der Waals surface area contributed by atoms with Crippen LogP contribution >= 0.6 is 0 Å². The van der Waals surface area contributed by atoms with Gasteiger partial charge < -0.3 is 30.5 Å². The largest absolute Gasteiger partial charge is 0.508 e. The SMILES string of the molecule is Cc1ccc(OCNc2cc(O)cc(O)c2C2C(O)C(c3ccc(C)cc3)C2O)cc1. The highest BCUT2D eigenvalue weighted by atomic mass is 16.5. The molecule has 6 nitrogen and oxygen atoms in total. The number of benzene rings is 3. The van der Waals surface area contributed by atoms with E-state index in [9.17, 15) is 20.4 Å². The van der Waals surface area contributed by atoms with Crippen LogP contribution in [0.4, 0.5) is 5.69 Å². The van der Waals surface area contributed by atoms with Gasteiger partial charge in [0.05, 0.1) is 12.2 Å². The smallest absolute Gasteiger partial charge is 0.159 e. The number of aromatic hydroxyl groups is 2. The van der Waals surface area contributed by atoms with Crippen molar-refractivity contribution in [2.45, 2.75) is 37.9 Å². The molecule has 0 radical (unpaired) electrons. The molecule has 1 saturated carbocycles. The minimum Gasteiger partial charge on any atom is -0.508 e. The van der Waals surface area contributed by atoms with E-state index >= 15 is 0 Å². The summed E-state index contributed by atoms with van der Waals surface area (Å²) in [4.78, 5) is 0. The number of nitrogens with one attached hydrogen (secondary N) is 1. The molecular formula is C25H27NO5. The highest BCUT2D eigenvalue weighted by Gasteiger charge is 2.52. The van der Waals surface area contributed by atoms with Gasteiger partial charge >= 0.3 is 0 Å². The van der Waals surface area contributed by atoms with Crippen LogP contribution in [0.2, 0.25) is 0 Å². The van der Waals surface area contributed by atoms with E-state index in [1.54, 1.807) is 0 Å². The van der Waals surface area contributed by atoms with Gasteiger partial charge in [0.15, 0.2) is 6.73 Å². The van der Waals surface area contributed by atoms with Gasteiger partial charge in [0, 0.05) is 35.2 Å². The van der Waals surface area contributed by atoms with Gasteiger partial charge in [-0.1, -0.05) is 47.5 Å². The lowest BCUT2D eigenvalue weighted by Crippen LogP contribution is -2.51. The van der Waals surface area contributed by atoms with E-state index in [0.29, 0.717) is 17.0 Å². The maximum absolute atomic E-state index is 10.9. The summed E-state index contributed by atoms with van der Waals surface area (Å²) in [5.74, 6) is -0.794. The first-order chi connectivity index (χ1) is 14.8. The van der Waals surface area contributed by atoms with Crippen LogP contribution in [-0.2, 0) is 0 Å². The fraction of sp³-hybridized carbons (Fsp3) is 0.280. The molecule has 31 heavy (non-hydrogen) atoms.